The molecule has 1 aromatic rings. The van der Waals surface area contributed by atoms with Gasteiger partial charge in [0, 0.05) is 5.92 Å². The molecule has 0 fully saturated rings. The minimum Gasteiger partial charge on any atom is -0.345 e. The Bertz CT molecular complexity index is 463. The molecule has 3 nitrogen and oxygen atoms in total. The lowest BCUT2D eigenvalue weighted by Gasteiger charge is -2.24. The van der Waals surface area contributed by atoms with Crippen LogP contribution in [-0.4, -0.2) is 22.5 Å². The zero-order chi connectivity index (χ0) is 15.3. The van der Waals surface area contributed by atoms with Gasteiger partial charge in [-0.25, -0.2) is 0 Å². The first kappa shape index (κ1) is 16.8. The Morgan fingerprint density at radius 3 is 2.20 bits per heavy atom. The van der Waals surface area contributed by atoms with Crippen LogP contribution in [0.4, 0.5) is 0 Å². The molecule has 0 bridgehead atoms. The topological polar surface area (TPSA) is 46.2 Å². The number of carbonyl (C=O) groups excluding carboxylic acids is 2. The summed E-state index contributed by atoms with van der Waals surface area (Å²) in [5, 5.41) is 2.82. The molecule has 1 amide bonds. The van der Waals surface area contributed by atoms with E-state index in [1.54, 1.807) is 13.8 Å². The van der Waals surface area contributed by atoms with Crippen molar-refractivity contribution in [1.82, 2.24) is 5.32 Å². The molecule has 0 saturated heterocycles. The molecule has 4 heteroatoms. The zero-order valence-electron chi connectivity index (χ0n) is 12.5. The quantitative estimate of drug-likeness (QED) is 0.792. The fourth-order valence-corrected chi connectivity index (χ4v) is 1.87. The SMILES string of the molecule is CC(C)C(=O)[C@H](Cc1ccccc1)NC(=O)C(C)(C)S. The van der Waals surface area contributed by atoms with E-state index in [1.165, 1.54) is 0 Å². The number of ketones is 1. The normalized spacial score (nSPS) is 13.1. The van der Waals surface area contributed by atoms with Crippen LogP contribution in [0.25, 0.3) is 0 Å². The van der Waals surface area contributed by atoms with E-state index in [1.807, 2.05) is 44.2 Å². The number of hydrogen-bond donors (Lipinski definition) is 2. The highest BCUT2D eigenvalue weighted by Gasteiger charge is 2.29. The maximum absolute atomic E-state index is 12.3. The number of thiol groups is 1. The first-order valence-electron chi connectivity index (χ1n) is 6.83. The Kier molecular flexibility index (Phi) is 5.81. The fraction of sp³-hybridized carbons (Fsp3) is 0.500. The van der Waals surface area contributed by atoms with Crippen molar-refractivity contribution < 1.29 is 9.59 Å². The predicted octanol–water partition coefficient (Wildman–Crippen LogP) is 2.65. The smallest absolute Gasteiger partial charge is 0.235 e. The van der Waals surface area contributed by atoms with E-state index in [2.05, 4.69) is 17.9 Å². The maximum atomic E-state index is 12.3. The summed E-state index contributed by atoms with van der Waals surface area (Å²) in [5.74, 6) is -0.303. The van der Waals surface area contributed by atoms with Gasteiger partial charge in [0.15, 0.2) is 5.78 Å². The van der Waals surface area contributed by atoms with E-state index in [0.717, 1.165) is 5.56 Å². The summed E-state index contributed by atoms with van der Waals surface area (Å²) in [5.41, 5.74) is 1.03. The molecule has 0 unspecified atom stereocenters. The van der Waals surface area contributed by atoms with Crippen molar-refractivity contribution in [3.8, 4) is 0 Å². The third kappa shape index (κ3) is 5.00. The third-order valence-electron chi connectivity index (χ3n) is 3.06. The van der Waals surface area contributed by atoms with Crippen LogP contribution in [0.1, 0.15) is 33.3 Å². The second-order valence-corrected chi connectivity index (χ2v) is 6.95. The average Bonchev–Trinajstić information content (AvgIpc) is 2.37. The Hall–Kier alpha value is -1.29. The standard InChI is InChI=1S/C16H23NO2S/c1-11(2)14(18)13(17-15(19)16(3,4)20)10-12-8-6-5-7-9-12/h5-9,11,13,20H,10H2,1-4H3,(H,17,19)/t13-/m0/s1. The van der Waals surface area contributed by atoms with E-state index in [9.17, 15) is 9.59 Å². The van der Waals surface area contributed by atoms with E-state index in [-0.39, 0.29) is 17.6 Å². The molecule has 0 saturated carbocycles. The molecule has 0 aliphatic rings. The van der Waals surface area contributed by atoms with Gasteiger partial charge in [0.05, 0.1) is 10.8 Å². The lowest BCUT2D eigenvalue weighted by atomic mass is 9.95. The lowest BCUT2D eigenvalue weighted by molar-refractivity contribution is -0.130. The van der Waals surface area contributed by atoms with Gasteiger partial charge in [-0.15, -0.1) is 0 Å². The number of carbonyl (C=O) groups is 2. The summed E-state index contributed by atoms with van der Waals surface area (Å²) in [7, 11) is 0. The molecule has 0 radical (unpaired) electrons. The van der Waals surface area contributed by atoms with Gasteiger partial charge >= 0.3 is 0 Å². The monoisotopic (exact) mass is 293 g/mol. The van der Waals surface area contributed by atoms with Crippen LogP contribution in [0.15, 0.2) is 30.3 Å². The largest absolute Gasteiger partial charge is 0.345 e. The summed E-state index contributed by atoms with van der Waals surface area (Å²) in [6.07, 6.45) is 0.507. The summed E-state index contributed by atoms with van der Waals surface area (Å²) in [4.78, 5) is 24.3. The third-order valence-corrected chi connectivity index (χ3v) is 3.26. The molecule has 1 N–H and O–H groups in total. The van der Waals surface area contributed by atoms with Crippen LogP contribution in [-0.2, 0) is 16.0 Å². The van der Waals surface area contributed by atoms with Crippen LogP contribution in [0.2, 0.25) is 0 Å². The van der Waals surface area contributed by atoms with Crippen LogP contribution >= 0.6 is 12.6 Å². The second kappa shape index (κ2) is 6.93. The van der Waals surface area contributed by atoms with Crippen molar-refractivity contribution in [2.45, 2.75) is 44.9 Å². The number of hydrogen-bond acceptors (Lipinski definition) is 3. The van der Waals surface area contributed by atoms with Crippen molar-refractivity contribution in [3.05, 3.63) is 35.9 Å². The first-order chi connectivity index (χ1) is 9.21. The maximum Gasteiger partial charge on any atom is 0.235 e. The van der Waals surface area contributed by atoms with Crippen molar-refractivity contribution in [2.75, 3.05) is 0 Å². The molecule has 0 heterocycles. The second-order valence-electron chi connectivity index (χ2n) is 5.83. The fourth-order valence-electron chi connectivity index (χ4n) is 1.81. The number of benzene rings is 1. The predicted molar refractivity (Wildman–Crippen MR) is 85.0 cm³/mol. The van der Waals surface area contributed by atoms with Crippen LogP contribution < -0.4 is 5.32 Å². The molecule has 0 spiro atoms. The summed E-state index contributed by atoms with van der Waals surface area (Å²) < 4.78 is -0.799. The van der Waals surface area contributed by atoms with E-state index in [4.69, 9.17) is 0 Å². The van der Waals surface area contributed by atoms with Gasteiger partial charge in [-0.2, -0.15) is 12.6 Å². The minimum atomic E-state index is -0.799. The molecule has 0 aromatic heterocycles. The van der Waals surface area contributed by atoms with Gasteiger partial charge in [0.1, 0.15) is 0 Å². The summed E-state index contributed by atoms with van der Waals surface area (Å²) in [6.45, 7) is 7.12. The molecule has 0 aliphatic heterocycles. The number of Topliss-reactive ketones (excluding diaryl/α,β-unsaturated/α-hetero) is 1. The number of amides is 1. The molecule has 0 aliphatic carbocycles. The molecular weight excluding hydrogens is 270 g/mol. The van der Waals surface area contributed by atoms with Gasteiger partial charge in [0.25, 0.3) is 0 Å². The Morgan fingerprint density at radius 1 is 1.20 bits per heavy atom. The van der Waals surface area contributed by atoms with Crippen molar-refractivity contribution in [2.24, 2.45) is 5.92 Å². The van der Waals surface area contributed by atoms with Gasteiger partial charge in [-0.1, -0.05) is 44.2 Å². The molecule has 1 rings (SSSR count). The van der Waals surface area contributed by atoms with Crippen molar-refractivity contribution in [1.29, 1.82) is 0 Å². The summed E-state index contributed by atoms with van der Waals surface area (Å²) >= 11 is 4.25. The minimum absolute atomic E-state index is 0.0415. The Balaban J connectivity index is 2.87. The Morgan fingerprint density at radius 2 is 1.75 bits per heavy atom. The highest BCUT2D eigenvalue weighted by atomic mass is 32.1. The highest BCUT2D eigenvalue weighted by Crippen LogP contribution is 2.14. The van der Waals surface area contributed by atoms with E-state index < -0.39 is 10.8 Å². The van der Waals surface area contributed by atoms with E-state index >= 15 is 0 Å². The lowest BCUT2D eigenvalue weighted by Crippen LogP contribution is -2.49. The Labute approximate surface area is 126 Å². The van der Waals surface area contributed by atoms with Gasteiger partial charge in [-0.05, 0) is 25.8 Å². The van der Waals surface area contributed by atoms with Crippen LogP contribution in [0.5, 0.6) is 0 Å². The molecule has 110 valence electrons. The first-order valence-corrected chi connectivity index (χ1v) is 7.27. The van der Waals surface area contributed by atoms with Crippen molar-refractivity contribution in [3.63, 3.8) is 0 Å². The average molecular weight is 293 g/mol. The van der Waals surface area contributed by atoms with Gasteiger partial charge < -0.3 is 5.32 Å². The zero-order valence-corrected chi connectivity index (χ0v) is 13.4. The van der Waals surface area contributed by atoms with Gasteiger partial charge in [-0.3, -0.25) is 9.59 Å². The van der Waals surface area contributed by atoms with Crippen LogP contribution in [0, 0.1) is 5.92 Å². The molecular formula is C16H23NO2S. The van der Waals surface area contributed by atoms with E-state index in [0.29, 0.717) is 6.42 Å². The highest BCUT2D eigenvalue weighted by molar-refractivity contribution is 7.82. The summed E-state index contributed by atoms with van der Waals surface area (Å²) in [6, 6.07) is 9.19. The number of rotatable bonds is 6. The van der Waals surface area contributed by atoms with Gasteiger partial charge in [0.2, 0.25) is 5.91 Å². The molecule has 1 aromatic carbocycles. The molecule has 1 atom stereocenters. The molecule has 20 heavy (non-hydrogen) atoms. The number of nitrogens with one attached hydrogen (secondary N) is 1. The van der Waals surface area contributed by atoms with Crippen LogP contribution in [0.3, 0.4) is 0 Å². The van der Waals surface area contributed by atoms with Crippen molar-refractivity contribution >= 4 is 24.3 Å².